The third kappa shape index (κ3) is 2.91. The van der Waals surface area contributed by atoms with Gasteiger partial charge >= 0.3 is 6.18 Å². The summed E-state index contributed by atoms with van der Waals surface area (Å²) < 4.78 is 42.4. The van der Waals surface area contributed by atoms with Crippen molar-refractivity contribution >= 4 is 0 Å². The lowest BCUT2D eigenvalue weighted by molar-refractivity contribution is -0.137. The third-order valence-electron chi connectivity index (χ3n) is 2.95. The highest BCUT2D eigenvalue weighted by atomic mass is 19.4. The van der Waals surface area contributed by atoms with Crippen molar-refractivity contribution in [3.63, 3.8) is 0 Å². The number of hydrogen-bond donors (Lipinski definition) is 1. The van der Waals surface area contributed by atoms with Crippen molar-refractivity contribution in [1.82, 2.24) is 0 Å². The highest BCUT2D eigenvalue weighted by Gasteiger charge is 2.35. The van der Waals surface area contributed by atoms with Gasteiger partial charge in [0.05, 0.1) is 11.2 Å². The SMILES string of the molecule is OC1(COc2cccc(C(F)(F)F)c2)CCC1. The lowest BCUT2D eigenvalue weighted by Crippen LogP contribution is -2.42. The number of halogens is 3. The van der Waals surface area contributed by atoms with Gasteiger partial charge in [-0.05, 0) is 37.5 Å². The molecule has 0 amide bonds. The molecule has 0 atom stereocenters. The normalized spacial score (nSPS) is 18.6. The van der Waals surface area contributed by atoms with Crippen molar-refractivity contribution in [3.8, 4) is 5.75 Å². The smallest absolute Gasteiger partial charge is 0.416 e. The summed E-state index contributed by atoms with van der Waals surface area (Å²) in [5.41, 5.74) is -1.59. The molecular formula is C12H13F3O2. The lowest BCUT2D eigenvalue weighted by Gasteiger charge is -2.36. The van der Waals surface area contributed by atoms with Gasteiger partial charge in [0.1, 0.15) is 12.4 Å². The fourth-order valence-electron chi connectivity index (χ4n) is 1.71. The highest BCUT2D eigenvalue weighted by molar-refractivity contribution is 5.30. The van der Waals surface area contributed by atoms with Crippen LogP contribution in [0.4, 0.5) is 13.2 Å². The Morgan fingerprint density at radius 3 is 2.53 bits per heavy atom. The zero-order valence-corrected chi connectivity index (χ0v) is 9.13. The zero-order chi connectivity index (χ0) is 12.5. The van der Waals surface area contributed by atoms with E-state index in [-0.39, 0.29) is 12.4 Å². The van der Waals surface area contributed by atoms with E-state index in [1.54, 1.807) is 0 Å². The largest absolute Gasteiger partial charge is 0.491 e. The molecule has 0 spiro atoms. The van der Waals surface area contributed by atoms with Crippen LogP contribution in [0.2, 0.25) is 0 Å². The molecule has 5 heteroatoms. The van der Waals surface area contributed by atoms with E-state index < -0.39 is 17.3 Å². The topological polar surface area (TPSA) is 29.5 Å². The summed E-state index contributed by atoms with van der Waals surface area (Å²) in [5, 5.41) is 9.75. The molecule has 0 radical (unpaired) electrons. The molecule has 0 aromatic heterocycles. The van der Waals surface area contributed by atoms with E-state index in [4.69, 9.17) is 4.74 Å². The van der Waals surface area contributed by atoms with Gasteiger partial charge in [0, 0.05) is 0 Å². The van der Waals surface area contributed by atoms with Crippen molar-refractivity contribution in [3.05, 3.63) is 29.8 Å². The van der Waals surface area contributed by atoms with Crippen LogP contribution in [0.15, 0.2) is 24.3 Å². The Bertz CT molecular complexity index is 397. The van der Waals surface area contributed by atoms with Crippen LogP contribution in [0, 0.1) is 0 Å². The summed E-state index contributed by atoms with van der Waals surface area (Å²) >= 11 is 0. The van der Waals surface area contributed by atoms with Crippen LogP contribution in [0.3, 0.4) is 0 Å². The Balaban J connectivity index is 2.01. The molecule has 1 aliphatic carbocycles. The summed E-state index contributed by atoms with van der Waals surface area (Å²) in [5.74, 6) is 0.139. The molecule has 1 aromatic rings. The molecule has 1 saturated carbocycles. The average Bonchev–Trinajstić information content (AvgIpc) is 2.23. The summed E-state index contributed by atoms with van der Waals surface area (Å²) in [4.78, 5) is 0. The van der Waals surface area contributed by atoms with Gasteiger partial charge in [0.2, 0.25) is 0 Å². The molecule has 1 aliphatic rings. The van der Waals surface area contributed by atoms with Gasteiger partial charge in [-0.3, -0.25) is 0 Å². The maximum atomic E-state index is 12.4. The molecule has 0 aliphatic heterocycles. The van der Waals surface area contributed by atoms with Crippen molar-refractivity contribution in [1.29, 1.82) is 0 Å². The first-order valence-electron chi connectivity index (χ1n) is 5.42. The summed E-state index contributed by atoms with van der Waals surface area (Å²) in [6.07, 6.45) is -2.15. The molecule has 94 valence electrons. The lowest BCUT2D eigenvalue weighted by atomic mass is 9.81. The standard InChI is InChI=1S/C12H13F3O2/c13-12(14,15)9-3-1-4-10(7-9)17-8-11(16)5-2-6-11/h1,3-4,7,16H,2,5-6,8H2. The van der Waals surface area contributed by atoms with E-state index in [9.17, 15) is 18.3 Å². The van der Waals surface area contributed by atoms with Gasteiger partial charge < -0.3 is 9.84 Å². The minimum atomic E-state index is -4.37. The third-order valence-corrected chi connectivity index (χ3v) is 2.95. The van der Waals surface area contributed by atoms with Gasteiger partial charge in [-0.25, -0.2) is 0 Å². The second-order valence-electron chi connectivity index (χ2n) is 4.39. The number of aliphatic hydroxyl groups is 1. The van der Waals surface area contributed by atoms with Crippen molar-refractivity contribution < 1.29 is 23.0 Å². The first-order chi connectivity index (χ1) is 7.89. The summed E-state index contributed by atoms with van der Waals surface area (Å²) in [6, 6.07) is 4.69. The predicted octanol–water partition coefficient (Wildman–Crippen LogP) is 3.00. The molecule has 0 saturated heterocycles. The molecule has 0 heterocycles. The Morgan fingerprint density at radius 1 is 1.29 bits per heavy atom. The van der Waals surface area contributed by atoms with Gasteiger partial charge in [0.25, 0.3) is 0 Å². The van der Waals surface area contributed by atoms with E-state index in [0.29, 0.717) is 12.8 Å². The van der Waals surface area contributed by atoms with E-state index in [1.165, 1.54) is 12.1 Å². The Kier molecular flexibility index (Phi) is 3.03. The molecule has 2 rings (SSSR count). The van der Waals surface area contributed by atoms with Crippen LogP contribution >= 0.6 is 0 Å². The van der Waals surface area contributed by atoms with E-state index in [2.05, 4.69) is 0 Å². The van der Waals surface area contributed by atoms with Gasteiger partial charge in [-0.1, -0.05) is 6.07 Å². The Labute approximate surface area is 97.0 Å². The van der Waals surface area contributed by atoms with Crippen molar-refractivity contribution in [2.45, 2.75) is 31.0 Å². The van der Waals surface area contributed by atoms with Crippen LogP contribution in [-0.2, 0) is 6.18 Å². The quantitative estimate of drug-likeness (QED) is 0.888. The maximum Gasteiger partial charge on any atom is 0.416 e. The molecule has 1 N–H and O–H groups in total. The molecule has 1 fully saturated rings. The van der Waals surface area contributed by atoms with Crippen LogP contribution in [0.1, 0.15) is 24.8 Å². The van der Waals surface area contributed by atoms with Crippen molar-refractivity contribution in [2.75, 3.05) is 6.61 Å². The summed E-state index contributed by atoms with van der Waals surface area (Å²) in [6.45, 7) is 0.0499. The average molecular weight is 246 g/mol. The fourth-order valence-corrected chi connectivity index (χ4v) is 1.71. The van der Waals surface area contributed by atoms with E-state index in [1.807, 2.05) is 0 Å². The second-order valence-corrected chi connectivity index (χ2v) is 4.39. The zero-order valence-electron chi connectivity index (χ0n) is 9.13. The van der Waals surface area contributed by atoms with Crippen LogP contribution < -0.4 is 4.74 Å². The Hall–Kier alpha value is -1.23. The van der Waals surface area contributed by atoms with Crippen LogP contribution in [0.25, 0.3) is 0 Å². The summed E-state index contributed by atoms with van der Waals surface area (Å²) in [7, 11) is 0. The molecule has 0 bridgehead atoms. The Morgan fingerprint density at radius 2 is 2.00 bits per heavy atom. The first-order valence-corrected chi connectivity index (χ1v) is 5.42. The number of alkyl halides is 3. The van der Waals surface area contributed by atoms with E-state index in [0.717, 1.165) is 18.6 Å². The predicted molar refractivity (Wildman–Crippen MR) is 55.7 cm³/mol. The highest BCUT2D eigenvalue weighted by Crippen LogP contribution is 2.34. The van der Waals surface area contributed by atoms with Crippen LogP contribution in [0.5, 0.6) is 5.75 Å². The van der Waals surface area contributed by atoms with Crippen LogP contribution in [-0.4, -0.2) is 17.3 Å². The van der Waals surface area contributed by atoms with Gasteiger partial charge in [0.15, 0.2) is 0 Å². The van der Waals surface area contributed by atoms with Crippen molar-refractivity contribution in [2.24, 2.45) is 0 Å². The number of hydrogen-bond acceptors (Lipinski definition) is 2. The number of ether oxygens (including phenoxy) is 1. The number of benzene rings is 1. The van der Waals surface area contributed by atoms with Gasteiger partial charge in [-0.15, -0.1) is 0 Å². The minimum absolute atomic E-state index is 0.0499. The molecule has 17 heavy (non-hydrogen) atoms. The molecule has 2 nitrogen and oxygen atoms in total. The fraction of sp³-hybridized carbons (Fsp3) is 0.500. The maximum absolute atomic E-state index is 12.4. The molecular weight excluding hydrogens is 233 g/mol. The minimum Gasteiger partial charge on any atom is -0.491 e. The monoisotopic (exact) mass is 246 g/mol. The molecule has 0 unspecified atom stereocenters. The van der Waals surface area contributed by atoms with Gasteiger partial charge in [-0.2, -0.15) is 13.2 Å². The van der Waals surface area contributed by atoms with E-state index >= 15 is 0 Å². The molecule has 1 aromatic carbocycles. The number of rotatable bonds is 3. The first kappa shape index (κ1) is 12.2. The second kappa shape index (κ2) is 4.22.